The van der Waals surface area contributed by atoms with E-state index in [2.05, 4.69) is 0 Å². The van der Waals surface area contributed by atoms with Gasteiger partial charge in [-0.2, -0.15) is 0 Å². The minimum atomic E-state index is -0.416. The Kier molecular flexibility index (Phi) is 7.12. The van der Waals surface area contributed by atoms with Gasteiger partial charge in [-0.25, -0.2) is 4.79 Å². The van der Waals surface area contributed by atoms with E-state index in [0.29, 0.717) is 24.3 Å². The van der Waals surface area contributed by atoms with Crippen LogP contribution in [0.15, 0.2) is 54.7 Å². The molecule has 0 saturated heterocycles. The van der Waals surface area contributed by atoms with Gasteiger partial charge in [0.25, 0.3) is 0 Å². The number of aromatic nitrogens is 1. The van der Waals surface area contributed by atoms with Crippen molar-refractivity contribution in [3.05, 3.63) is 71.5 Å². The molecular weight excluding hydrogens is 434 g/mol. The Balaban J connectivity index is 1.56. The molecule has 0 bridgehead atoms. The first-order chi connectivity index (χ1) is 16.4. The van der Waals surface area contributed by atoms with Gasteiger partial charge in [0.2, 0.25) is 0 Å². The second kappa shape index (κ2) is 10.2. The minimum absolute atomic E-state index is 0.00480. The molecule has 1 aliphatic carbocycles. The number of phenols is 2. The first-order valence-electron chi connectivity index (χ1n) is 11.7. The molecule has 1 heterocycles. The molecule has 0 fully saturated rings. The van der Waals surface area contributed by atoms with Gasteiger partial charge in [0, 0.05) is 35.0 Å². The van der Waals surface area contributed by atoms with E-state index in [1.54, 1.807) is 29.0 Å². The summed E-state index contributed by atoms with van der Waals surface area (Å²) in [7, 11) is 1.35. The molecule has 0 spiro atoms. The monoisotopic (exact) mass is 465 g/mol. The van der Waals surface area contributed by atoms with Gasteiger partial charge in [-0.05, 0) is 68.1 Å². The molecule has 7 nitrogen and oxygen atoms in total. The lowest BCUT2D eigenvalue weighted by molar-refractivity contribution is 0.0591. The molecule has 0 aliphatic heterocycles. The molecule has 3 N–H and O–H groups in total. The SMILES string of the molecule is CCC[C@@H](O)CC[C@H]1Cc2c(O)cc(O)cc2[C@@H]1Oc1ccc(-n2cccc2C(=O)OC)cc1. The van der Waals surface area contributed by atoms with Gasteiger partial charge in [-0.1, -0.05) is 13.3 Å². The van der Waals surface area contributed by atoms with Crippen LogP contribution in [0.4, 0.5) is 0 Å². The number of aromatic hydroxyl groups is 2. The van der Waals surface area contributed by atoms with Crippen molar-refractivity contribution in [3.63, 3.8) is 0 Å². The third kappa shape index (κ3) is 4.89. The van der Waals surface area contributed by atoms with E-state index in [0.717, 1.165) is 36.1 Å². The number of hydrogen-bond donors (Lipinski definition) is 3. The molecule has 7 heteroatoms. The van der Waals surface area contributed by atoms with E-state index < -0.39 is 5.97 Å². The molecule has 0 radical (unpaired) electrons. The van der Waals surface area contributed by atoms with E-state index in [1.807, 2.05) is 31.2 Å². The van der Waals surface area contributed by atoms with E-state index in [1.165, 1.54) is 13.2 Å². The van der Waals surface area contributed by atoms with Crippen LogP contribution in [0.2, 0.25) is 0 Å². The summed E-state index contributed by atoms with van der Waals surface area (Å²) in [4.78, 5) is 12.0. The number of aliphatic hydroxyl groups excluding tert-OH is 1. The van der Waals surface area contributed by atoms with Crippen molar-refractivity contribution in [1.82, 2.24) is 4.57 Å². The summed E-state index contributed by atoms with van der Waals surface area (Å²) in [6.07, 6.45) is 4.77. The first kappa shape index (κ1) is 23.7. The zero-order valence-corrected chi connectivity index (χ0v) is 19.5. The van der Waals surface area contributed by atoms with Crippen LogP contribution in [0.3, 0.4) is 0 Å². The molecule has 3 atom stereocenters. The number of esters is 1. The average Bonchev–Trinajstić information content (AvgIpc) is 3.44. The van der Waals surface area contributed by atoms with Gasteiger partial charge < -0.3 is 29.4 Å². The van der Waals surface area contributed by atoms with Crippen LogP contribution in [0, 0.1) is 5.92 Å². The summed E-state index contributed by atoms with van der Waals surface area (Å²) in [6, 6.07) is 13.9. The summed E-state index contributed by atoms with van der Waals surface area (Å²) in [5, 5.41) is 30.7. The molecule has 180 valence electrons. The molecule has 0 amide bonds. The van der Waals surface area contributed by atoms with Crippen molar-refractivity contribution in [1.29, 1.82) is 0 Å². The van der Waals surface area contributed by atoms with Crippen molar-refractivity contribution in [3.8, 4) is 22.9 Å². The molecule has 0 unspecified atom stereocenters. The summed E-state index contributed by atoms with van der Waals surface area (Å²) in [6.45, 7) is 2.05. The average molecular weight is 466 g/mol. The highest BCUT2D eigenvalue weighted by Crippen LogP contribution is 2.46. The van der Waals surface area contributed by atoms with Crippen LogP contribution in [0.1, 0.15) is 60.3 Å². The minimum Gasteiger partial charge on any atom is -0.508 e. The largest absolute Gasteiger partial charge is 0.508 e. The van der Waals surface area contributed by atoms with Gasteiger partial charge >= 0.3 is 5.97 Å². The molecule has 4 rings (SSSR count). The van der Waals surface area contributed by atoms with Crippen LogP contribution in [-0.2, 0) is 11.2 Å². The second-order valence-electron chi connectivity index (χ2n) is 8.80. The van der Waals surface area contributed by atoms with Crippen molar-refractivity contribution in [2.75, 3.05) is 7.11 Å². The van der Waals surface area contributed by atoms with Crippen LogP contribution >= 0.6 is 0 Å². The Morgan fingerprint density at radius 2 is 1.91 bits per heavy atom. The number of ether oxygens (including phenoxy) is 2. The summed E-state index contributed by atoms with van der Waals surface area (Å²) in [5.41, 5.74) is 2.77. The highest BCUT2D eigenvalue weighted by Gasteiger charge is 2.36. The lowest BCUT2D eigenvalue weighted by Gasteiger charge is -2.23. The third-order valence-corrected chi connectivity index (χ3v) is 6.46. The van der Waals surface area contributed by atoms with E-state index in [9.17, 15) is 20.1 Å². The Morgan fingerprint density at radius 1 is 1.15 bits per heavy atom. The molecule has 1 aliphatic rings. The lowest BCUT2D eigenvalue weighted by Crippen LogP contribution is -2.17. The second-order valence-corrected chi connectivity index (χ2v) is 8.80. The lowest BCUT2D eigenvalue weighted by atomic mass is 9.94. The predicted octanol–water partition coefficient (Wildman–Crippen LogP) is 4.91. The quantitative estimate of drug-likeness (QED) is 0.388. The molecule has 34 heavy (non-hydrogen) atoms. The van der Waals surface area contributed by atoms with Crippen LogP contribution in [0.25, 0.3) is 5.69 Å². The predicted molar refractivity (Wildman–Crippen MR) is 128 cm³/mol. The van der Waals surface area contributed by atoms with Crippen LogP contribution in [-0.4, -0.2) is 39.1 Å². The zero-order chi connectivity index (χ0) is 24.2. The number of phenolic OH excluding ortho intramolecular Hbond substituents is 2. The Morgan fingerprint density at radius 3 is 2.62 bits per heavy atom. The van der Waals surface area contributed by atoms with Gasteiger partial charge in [0.05, 0.1) is 13.2 Å². The highest BCUT2D eigenvalue weighted by atomic mass is 16.5. The number of nitrogens with zero attached hydrogens (tertiary/aromatic N) is 1. The summed E-state index contributed by atoms with van der Waals surface area (Å²) >= 11 is 0. The van der Waals surface area contributed by atoms with Gasteiger partial charge in [0.15, 0.2) is 0 Å². The number of carbonyl (C=O) groups excluding carboxylic acids is 1. The highest BCUT2D eigenvalue weighted by molar-refractivity contribution is 5.88. The molecule has 3 aromatic rings. The number of carbonyl (C=O) groups is 1. The first-order valence-corrected chi connectivity index (χ1v) is 11.7. The molecule has 2 aromatic carbocycles. The number of benzene rings is 2. The maximum absolute atomic E-state index is 12.0. The number of rotatable bonds is 9. The van der Waals surface area contributed by atoms with Gasteiger partial charge in [-0.15, -0.1) is 0 Å². The van der Waals surface area contributed by atoms with Crippen LogP contribution < -0.4 is 4.74 Å². The normalized spacial score (nSPS) is 17.9. The van der Waals surface area contributed by atoms with Crippen molar-refractivity contribution >= 4 is 5.97 Å². The standard InChI is InChI=1S/C27H31NO6/c1-3-5-19(29)10-7-17-14-22-23(15-20(30)16-25(22)31)26(17)34-21-11-8-18(9-12-21)28-13-4-6-24(28)27(32)33-2/h4,6,8-9,11-13,15-17,19,26,29-31H,3,5,7,10,14H2,1-2H3/t17-,19+,26+/m0/s1. The number of methoxy groups -OCH3 is 1. The molecule has 1 aromatic heterocycles. The topological polar surface area (TPSA) is 101 Å². The fourth-order valence-electron chi connectivity index (χ4n) is 4.77. The summed E-state index contributed by atoms with van der Waals surface area (Å²) in [5.74, 6) is 0.341. The Bertz CT molecular complexity index is 1140. The van der Waals surface area contributed by atoms with Crippen LogP contribution in [0.5, 0.6) is 17.2 Å². The van der Waals surface area contributed by atoms with Crippen molar-refractivity contribution in [2.45, 2.75) is 51.2 Å². The third-order valence-electron chi connectivity index (χ3n) is 6.46. The van der Waals surface area contributed by atoms with E-state index in [4.69, 9.17) is 9.47 Å². The van der Waals surface area contributed by atoms with E-state index >= 15 is 0 Å². The number of hydrogen-bond acceptors (Lipinski definition) is 6. The number of fused-ring (bicyclic) bond motifs is 1. The smallest absolute Gasteiger partial charge is 0.355 e. The van der Waals surface area contributed by atoms with Gasteiger partial charge in [0.1, 0.15) is 29.0 Å². The Labute approximate surface area is 199 Å². The maximum Gasteiger partial charge on any atom is 0.355 e. The zero-order valence-electron chi connectivity index (χ0n) is 19.5. The molecular formula is C27H31NO6. The van der Waals surface area contributed by atoms with Crippen molar-refractivity contribution in [2.24, 2.45) is 5.92 Å². The number of aliphatic hydroxyl groups is 1. The fourth-order valence-corrected chi connectivity index (χ4v) is 4.77. The molecule has 0 saturated carbocycles. The Hall–Kier alpha value is -3.45. The fraction of sp³-hybridized carbons (Fsp3) is 0.370. The van der Waals surface area contributed by atoms with E-state index in [-0.39, 0.29) is 29.6 Å². The summed E-state index contributed by atoms with van der Waals surface area (Å²) < 4.78 is 13.0. The van der Waals surface area contributed by atoms with Crippen molar-refractivity contribution < 1.29 is 29.6 Å². The maximum atomic E-state index is 12.0. The van der Waals surface area contributed by atoms with Gasteiger partial charge in [-0.3, -0.25) is 0 Å².